The van der Waals surface area contributed by atoms with Gasteiger partial charge in [-0.05, 0) is 18.6 Å². The molecule has 2 aliphatic heterocycles. The molecule has 6 nitrogen and oxygen atoms in total. The van der Waals surface area contributed by atoms with Gasteiger partial charge in [0.2, 0.25) is 5.91 Å². The van der Waals surface area contributed by atoms with Crippen molar-refractivity contribution in [2.24, 2.45) is 0 Å². The SMILES string of the molecule is O=C([C@@H]1C[C@H](n2cc(-c3ccccc3F)nn2)CN1)N1CCC(F)(F)C1. The molecule has 0 aliphatic carbocycles. The lowest BCUT2D eigenvalue weighted by Gasteiger charge is -2.20. The van der Waals surface area contributed by atoms with Gasteiger partial charge in [-0.2, -0.15) is 0 Å². The average molecular weight is 365 g/mol. The summed E-state index contributed by atoms with van der Waals surface area (Å²) < 4.78 is 42.1. The summed E-state index contributed by atoms with van der Waals surface area (Å²) in [5, 5.41) is 11.1. The third-order valence-electron chi connectivity index (χ3n) is 4.92. The molecule has 4 rings (SSSR count). The summed E-state index contributed by atoms with van der Waals surface area (Å²) in [6.07, 6.45) is 1.78. The number of likely N-dealkylation sites (tertiary alicyclic amines) is 1. The maximum absolute atomic E-state index is 13.9. The summed E-state index contributed by atoms with van der Waals surface area (Å²) in [6, 6.07) is 5.63. The van der Waals surface area contributed by atoms with Gasteiger partial charge in [0.05, 0.1) is 24.8 Å². The molecule has 0 saturated carbocycles. The molecule has 138 valence electrons. The molecule has 1 amide bonds. The number of alkyl halides is 2. The van der Waals surface area contributed by atoms with Crippen LogP contribution in [0.2, 0.25) is 0 Å². The van der Waals surface area contributed by atoms with E-state index in [0.717, 1.165) is 0 Å². The Hall–Kier alpha value is -2.42. The van der Waals surface area contributed by atoms with Gasteiger partial charge in [-0.25, -0.2) is 17.9 Å². The number of benzene rings is 1. The molecule has 1 N–H and O–H groups in total. The first-order chi connectivity index (χ1) is 12.4. The van der Waals surface area contributed by atoms with Crippen molar-refractivity contribution in [3.05, 3.63) is 36.3 Å². The van der Waals surface area contributed by atoms with Gasteiger partial charge in [0.1, 0.15) is 11.5 Å². The molecule has 0 spiro atoms. The minimum atomic E-state index is -2.80. The third kappa shape index (κ3) is 3.18. The van der Waals surface area contributed by atoms with Gasteiger partial charge in [0.15, 0.2) is 0 Å². The molecule has 3 heterocycles. The predicted octanol–water partition coefficient (Wildman–Crippen LogP) is 1.85. The van der Waals surface area contributed by atoms with Crippen LogP contribution >= 0.6 is 0 Å². The maximum Gasteiger partial charge on any atom is 0.267 e. The van der Waals surface area contributed by atoms with Crippen LogP contribution in [-0.4, -0.2) is 57.4 Å². The summed E-state index contributed by atoms with van der Waals surface area (Å²) >= 11 is 0. The van der Waals surface area contributed by atoms with Crippen LogP contribution in [0.3, 0.4) is 0 Å². The molecule has 0 bridgehead atoms. The second kappa shape index (κ2) is 6.39. The molecule has 9 heteroatoms. The van der Waals surface area contributed by atoms with Crippen LogP contribution in [-0.2, 0) is 4.79 Å². The minimum absolute atomic E-state index is 0.0788. The van der Waals surface area contributed by atoms with Crippen molar-refractivity contribution >= 4 is 5.91 Å². The lowest BCUT2D eigenvalue weighted by Crippen LogP contribution is -2.43. The van der Waals surface area contributed by atoms with Crippen molar-refractivity contribution < 1.29 is 18.0 Å². The molecule has 2 fully saturated rings. The first-order valence-electron chi connectivity index (χ1n) is 8.50. The van der Waals surface area contributed by atoms with Crippen molar-refractivity contribution in [3.63, 3.8) is 0 Å². The number of hydrogen-bond donors (Lipinski definition) is 1. The highest BCUT2D eigenvalue weighted by atomic mass is 19.3. The fourth-order valence-electron chi connectivity index (χ4n) is 3.50. The number of amides is 1. The van der Waals surface area contributed by atoms with E-state index < -0.39 is 18.5 Å². The highest BCUT2D eigenvalue weighted by Crippen LogP contribution is 2.29. The highest BCUT2D eigenvalue weighted by Gasteiger charge is 2.43. The van der Waals surface area contributed by atoms with E-state index in [9.17, 15) is 18.0 Å². The Morgan fingerprint density at radius 2 is 2.12 bits per heavy atom. The zero-order chi connectivity index (χ0) is 18.3. The Labute approximate surface area is 148 Å². The van der Waals surface area contributed by atoms with E-state index in [2.05, 4.69) is 15.6 Å². The Kier molecular flexibility index (Phi) is 4.18. The maximum atomic E-state index is 13.9. The molecule has 2 aromatic rings. The van der Waals surface area contributed by atoms with Gasteiger partial charge in [-0.15, -0.1) is 5.10 Å². The van der Waals surface area contributed by atoms with Crippen LogP contribution < -0.4 is 5.32 Å². The highest BCUT2D eigenvalue weighted by molar-refractivity contribution is 5.82. The molecule has 0 radical (unpaired) electrons. The van der Waals surface area contributed by atoms with Crippen LogP contribution in [0.1, 0.15) is 18.9 Å². The smallest absolute Gasteiger partial charge is 0.267 e. The molecule has 2 saturated heterocycles. The molecule has 2 aliphatic rings. The Morgan fingerprint density at radius 1 is 1.31 bits per heavy atom. The molecule has 26 heavy (non-hydrogen) atoms. The van der Waals surface area contributed by atoms with E-state index in [1.807, 2.05) is 0 Å². The fourth-order valence-corrected chi connectivity index (χ4v) is 3.50. The number of carbonyl (C=O) groups is 1. The van der Waals surface area contributed by atoms with E-state index in [1.165, 1.54) is 11.0 Å². The fraction of sp³-hybridized carbons (Fsp3) is 0.471. The van der Waals surface area contributed by atoms with Crippen molar-refractivity contribution in [2.75, 3.05) is 19.6 Å². The number of halogens is 3. The molecular formula is C17H18F3N5O. The van der Waals surface area contributed by atoms with Crippen LogP contribution in [0.5, 0.6) is 0 Å². The molecule has 0 unspecified atom stereocenters. The summed E-state index contributed by atoms with van der Waals surface area (Å²) in [6.45, 7) is 0.0333. The van der Waals surface area contributed by atoms with Gasteiger partial charge in [0, 0.05) is 25.1 Å². The van der Waals surface area contributed by atoms with E-state index in [0.29, 0.717) is 24.2 Å². The minimum Gasteiger partial charge on any atom is -0.335 e. The Balaban J connectivity index is 1.43. The van der Waals surface area contributed by atoms with E-state index in [-0.39, 0.29) is 30.7 Å². The Bertz CT molecular complexity index is 824. The topological polar surface area (TPSA) is 63.1 Å². The van der Waals surface area contributed by atoms with Gasteiger partial charge in [0.25, 0.3) is 5.92 Å². The number of carbonyl (C=O) groups excluding carboxylic acids is 1. The molecule has 1 aromatic carbocycles. The van der Waals surface area contributed by atoms with Crippen molar-refractivity contribution in [3.8, 4) is 11.3 Å². The van der Waals surface area contributed by atoms with Crippen LogP contribution in [0.25, 0.3) is 11.3 Å². The van der Waals surface area contributed by atoms with Crippen molar-refractivity contribution in [1.82, 2.24) is 25.2 Å². The first-order valence-corrected chi connectivity index (χ1v) is 8.50. The van der Waals surface area contributed by atoms with E-state index in [4.69, 9.17) is 0 Å². The average Bonchev–Trinajstić information content (AvgIpc) is 3.33. The van der Waals surface area contributed by atoms with Gasteiger partial charge < -0.3 is 10.2 Å². The van der Waals surface area contributed by atoms with E-state index >= 15 is 0 Å². The quantitative estimate of drug-likeness (QED) is 0.902. The summed E-state index contributed by atoms with van der Waals surface area (Å²) in [5.74, 6) is -3.49. The van der Waals surface area contributed by atoms with Crippen LogP contribution in [0, 0.1) is 5.82 Å². The third-order valence-corrected chi connectivity index (χ3v) is 4.92. The number of nitrogens with one attached hydrogen (secondary N) is 1. The number of aromatic nitrogens is 3. The lowest BCUT2D eigenvalue weighted by molar-refractivity contribution is -0.133. The largest absolute Gasteiger partial charge is 0.335 e. The normalized spacial score (nSPS) is 25.0. The number of nitrogens with zero attached hydrogens (tertiary/aromatic N) is 4. The number of hydrogen-bond acceptors (Lipinski definition) is 4. The van der Waals surface area contributed by atoms with Crippen LogP contribution in [0.15, 0.2) is 30.5 Å². The van der Waals surface area contributed by atoms with Gasteiger partial charge in [-0.1, -0.05) is 17.3 Å². The standard InChI is InChI=1S/C17H18F3N5O/c18-13-4-2-1-3-12(13)15-9-25(23-22-15)11-7-14(21-8-11)16(26)24-6-5-17(19,20)10-24/h1-4,9,11,14,21H,5-8,10H2/t11-,14-/m0/s1. The first kappa shape index (κ1) is 17.0. The van der Waals surface area contributed by atoms with Crippen molar-refractivity contribution in [2.45, 2.75) is 30.8 Å². The zero-order valence-electron chi connectivity index (χ0n) is 13.9. The van der Waals surface area contributed by atoms with Crippen molar-refractivity contribution in [1.29, 1.82) is 0 Å². The molecular weight excluding hydrogens is 347 g/mol. The predicted molar refractivity (Wildman–Crippen MR) is 87.0 cm³/mol. The number of rotatable bonds is 3. The Morgan fingerprint density at radius 3 is 2.85 bits per heavy atom. The summed E-state index contributed by atoms with van der Waals surface area (Å²) in [5.41, 5.74) is 0.772. The van der Waals surface area contributed by atoms with E-state index in [1.54, 1.807) is 29.1 Å². The second-order valence-corrected chi connectivity index (χ2v) is 6.78. The zero-order valence-corrected chi connectivity index (χ0v) is 13.9. The molecule has 1 aromatic heterocycles. The van der Waals surface area contributed by atoms with Gasteiger partial charge >= 0.3 is 0 Å². The summed E-state index contributed by atoms with van der Waals surface area (Å²) in [7, 11) is 0. The summed E-state index contributed by atoms with van der Waals surface area (Å²) in [4.78, 5) is 13.6. The van der Waals surface area contributed by atoms with Crippen LogP contribution in [0.4, 0.5) is 13.2 Å². The lowest BCUT2D eigenvalue weighted by atomic mass is 10.1. The monoisotopic (exact) mass is 365 g/mol. The molecule has 2 atom stereocenters. The second-order valence-electron chi connectivity index (χ2n) is 6.78. The van der Waals surface area contributed by atoms with Gasteiger partial charge in [-0.3, -0.25) is 4.79 Å².